The van der Waals surface area contributed by atoms with Gasteiger partial charge in [0.1, 0.15) is 6.04 Å². The molecule has 6 nitrogen and oxygen atoms in total. The third-order valence-corrected chi connectivity index (χ3v) is 2.84. The maximum absolute atomic E-state index is 11.5. The molecule has 0 radical (unpaired) electrons. The molecule has 0 aromatic carbocycles. The zero-order valence-corrected chi connectivity index (χ0v) is 9.38. The maximum Gasteiger partial charge on any atom is 0.337 e. The first-order chi connectivity index (χ1) is 8.11. The molecule has 1 fully saturated rings. The first-order valence-corrected chi connectivity index (χ1v) is 5.33. The molecular weight excluding hydrogens is 222 g/mol. The monoisotopic (exact) mass is 235 g/mol. The normalized spacial score (nSPS) is 19.9. The average Bonchev–Trinajstić information content (AvgIpc) is 2.33. The molecule has 17 heavy (non-hydrogen) atoms. The predicted octanol–water partition coefficient (Wildman–Crippen LogP) is 0.104. The zero-order valence-electron chi connectivity index (χ0n) is 9.38. The van der Waals surface area contributed by atoms with Crippen LogP contribution in [0, 0.1) is 0 Å². The number of nitrogens with one attached hydrogen (secondary N) is 1. The summed E-state index contributed by atoms with van der Waals surface area (Å²) in [6, 6.07) is 1.06. The highest BCUT2D eigenvalue weighted by Gasteiger charge is 2.28. The highest BCUT2D eigenvalue weighted by Crippen LogP contribution is 2.22. The summed E-state index contributed by atoms with van der Waals surface area (Å²) in [4.78, 5) is 28.3. The second-order valence-electron chi connectivity index (χ2n) is 3.86. The third-order valence-electron chi connectivity index (χ3n) is 2.84. The van der Waals surface area contributed by atoms with E-state index in [1.54, 1.807) is 11.8 Å². The van der Waals surface area contributed by atoms with Gasteiger partial charge >= 0.3 is 5.97 Å². The Bertz CT molecular complexity index is 461. The van der Waals surface area contributed by atoms with Gasteiger partial charge in [0.05, 0.1) is 17.4 Å². The number of aromatic carboxylic acids is 1. The van der Waals surface area contributed by atoms with Gasteiger partial charge in [-0.25, -0.2) is 4.79 Å². The summed E-state index contributed by atoms with van der Waals surface area (Å²) in [6.07, 6.45) is 2.92. The molecule has 90 valence electrons. The summed E-state index contributed by atoms with van der Waals surface area (Å²) < 4.78 is 0. The second kappa shape index (κ2) is 4.40. The molecule has 1 aromatic rings. The summed E-state index contributed by atoms with van der Waals surface area (Å²) in [5, 5.41) is 11.8. The quantitative estimate of drug-likeness (QED) is 0.760. The molecule has 1 aliphatic rings. The highest BCUT2D eigenvalue weighted by molar-refractivity contribution is 5.96. The number of aromatic nitrogens is 1. The van der Waals surface area contributed by atoms with E-state index in [-0.39, 0.29) is 17.5 Å². The van der Waals surface area contributed by atoms with Crippen molar-refractivity contribution in [3.05, 3.63) is 24.0 Å². The van der Waals surface area contributed by atoms with Crippen LogP contribution in [0.3, 0.4) is 0 Å². The van der Waals surface area contributed by atoms with Gasteiger partial charge in [0.2, 0.25) is 5.91 Å². The van der Waals surface area contributed by atoms with Gasteiger partial charge in [-0.15, -0.1) is 0 Å². The van der Waals surface area contributed by atoms with Gasteiger partial charge in [0, 0.05) is 19.3 Å². The topological polar surface area (TPSA) is 82.5 Å². The van der Waals surface area contributed by atoms with Crippen LogP contribution in [0.4, 0.5) is 5.69 Å². The molecule has 1 unspecified atom stereocenters. The number of anilines is 1. The SMILES string of the molecule is CC1C(=O)NCCN1c1cnccc1C(=O)O. The highest BCUT2D eigenvalue weighted by atomic mass is 16.4. The number of piperazine rings is 1. The minimum atomic E-state index is -1.01. The standard InChI is InChI=1S/C11H13N3O3/c1-7-10(15)13-4-5-14(7)9-6-12-3-2-8(9)11(16)17/h2-3,6-7H,4-5H2,1H3,(H,13,15)(H,16,17). The maximum atomic E-state index is 11.5. The summed E-state index contributed by atoms with van der Waals surface area (Å²) in [5.41, 5.74) is 0.656. The van der Waals surface area contributed by atoms with E-state index in [0.29, 0.717) is 18.8 Å². The lowest BCUT2D eigenvalue weighted by Crippen LogP contribution is -2.54. The molecule has 6 heteroatoms. The molecule has 1 aliphatic heterocycles. The summed E-state index contributed by atoms with van der Waals surface area (Å²) in [5.74, 6) is -1.11. The fourth-order valence-corrected chi connectivity index (χ4v) is 1.91. The largest absolute Gasteiger partial charge is 0.478 e. The Morgan fingerprint density at radius 2 is 2.41 bits per heavy atom. The number of hydrogen-bond acceptors (Lipinski definition) is 4. The van der Waals surface area contributed by atoms with Crippen molar-refractivity contribution in [2.45, 2.75) is 13.0 Å². The zero-order chi connectivity index (χ0) is 12.4. The van der Waals surface area contributed by atoms with Crippen molar-refractivity contribution in [3.63, 3.8) is 0 Å². The Morgan fingerprint density at radius 1 is 1.65 bits per heavy atom. The van der Waals surface area contributed by atoms with Crippen LogP contribution in [0.15, 0.2) is 18.5 Å². The second-order valence-corrected chi connectivity index (χ2v) is 3.86. The van der Waals surface area contributed by atoms with E-state index in [0.717, 1.165) is 0 Å². The number of carboxylic acid groups (broad SMARTS) is 1. The van der Waals surface area contributed by atoms with E-state index >= 15 is 0 Å². The number of carboxylic acids is 1. The number of hydrogen-bond donors (Lipinski definition) is 2. The Kier molecular flexibility index (Phi) is 2.95. The van der Waals surface area contributed by atoms with Crippen molar-refractivity contribution in [1.82, 2.24) is 10.3 Å². The minimum absolute atomic E-state index is 0.101. The number of carbonyl (C=O) groups is 2. The van der Waals surface area contributed by atoms with Crippen LogP contribution in [0.25, 0.3) is 0 Å². The van der Waals surface area contributed by atoms with Crippen molar-refractivity contribution in [1.29, 1.82) is 0 Å². The summed E-state index contributed by atoms with van der Waals surface area (Å²) >= 11 is 0. The van der Waals surface area contributed by atoms with Gasteiger partial charge in [-0.3, -0.25) is 9.78 Å². The predicted molar refractivity (Wildman–Crippen MR) is 61.0 cm³/mol. The first-order valence-electron chi connectivity index (χ1n) is 5.33. The Balaban J connectivity index is 2.39. The first kappa shape index (κ1) is 11.4. The molecule has 1 amide bonds. The van der Waals surface area contributed by atoms with E-state index in [1.807, 2.05) is 0 Å². The van der Waals surface area contributed by atoms with Crippen LogP contribution in [-0.2, 0) is 4.79 Å². The van der Waals surface area contributed by atoms with Crippen LogP contribution in [0.2, 0.25) is 0 Å². The molecule has 1 atom stereocenters. The van der Waals surface area contributed by atoms with Gasteiger partial charge in [0.25, 0.3) is 0 Å². The van der Waals surface area contributed by atoms with Gasteiger partial charge in [-0.2, -0.15) is 0 Å². The van der Waals surface area contributed by atoms with Crippen LogP contribution in [0.5, 0.6) is 0 Å². The van der Waals surface area contributed by atoms with E-state index in [9.17, 15) is 9.59 Å². The van der Waals surface area contributed by atoms with Crippen LogP contribution < -0.4 is 10.2 Å². The van der Waals surface area contributed by atoms with Gasteiger partial charge in [0.15, 0.2) is 0 Å². The average molecular weight is 235 g/mol. The van der Waals surface area contributed by atoms with Gasteiger partial charge < -0.3 is 15.3 Å². The van der Waals surface area contributed by atoms with E-state index in [1.165, 1.54) is 18.5 Å². The number of rotatable bonds is 2. The fourth-order valence-electron chi connectivity index (χ4n) is 1.91. The Morgan fingerprint density at radius 3 is 3.12 bits per heavy atom. The van der Waals surface area contributed by atoms with E-state index in [2.05, 4.69) is 10.3 Å². The molecule has 2 N–H and O–H groups in total. The van der Waals surface area contributed by atoms with Crippen LogP contribution in [0.1, 0.15) is 17.3 Å². The van der Waals surface area contributed by atoms with Crippen LogP contribution in [-0.4, -0.2) is 41.1 Å². The smallest absolute Gasteiger partial charge is 0.337 e. The molecule has 0 bridgehead atoms. The molecule has 0 saturated carbocycles. The van der Waals surface area contributed by atoms with Crippen molar-refractivity contribution in [2.24, 2.45) is 0 Å². The Labute approximate surface area is 98.3 Å². The lowest BCUT2D eigenvalue weighted by molar-refractivity contribution is -0.122. The van der Waals surface area contributed by atoms with Crippen molar-refractivity contribution in [3.8, 4) is 0 Å². The summed E-state index contributed by atoms with van der Waals surface area (Å²) in [6.45, 7) is 2.84. The fraction of sp³-hybridized carbons (Fsp3) is 0.364. The lowest BCUT2D eigenvalue weighted by atomic mass is 10.1. The van der Waals surface area contributed by atoms with Crippen molar-refractivity contribution >= 4 is 17.6 Å². The molecule has 0 spiro atoms. The molecule has 2 heterocycles. The number of pyridine rings is 1. The van der Waals surface area contributed by atoms with Crippen LogP contribution >= 0.6 is 0 Å². The molecule has 1 aromatic heterocycles. The number of nitrogens with zero attached hydrogens (tertiary/aromatic N) is 2. The number of carbonyl (C=O) groups excluding carboxylic acids is 1. The number of amides is 1. The minimum Gasteiger partial charge on any atom is -0.478 e. The van der Waals surface area contributed by atoms with E-state index < -0.39 is 5.97 Å². The molecule has 1 saturated heterocycles. The molecular formula is C11H13N3O3. The summed E-state index contributed by atoms with van der Waals surface area (Å²) in [7, 11) is 0. The molecule has 0 aliphatic carbocycles. The van der Waals surface area contributed by atoms with Crippen molar-refractivity contribution < 1.29 is 14.7 Å². The van der Waals surface area contributed by atoms with Gasteiger partial charge in [-0.05, 0) is 13.0 Å². The molecule has 2 rings (SSSR count). The van der Waals surface area contributed by atoms with Gasteiger partial charge in [-0.1, -0.05) is 0 Å². The Hall–Kier alpha value is -2.11. The van der Waals surface area contributed by atoms with Crippen molar-refractivity contribution in [2.75, 3.05) is 18.0 Å². The third kappa shape index (κ3) is 2.06. The lowest BCUT2D eigenvalue weighted by Gasteiger charge is -2.35. The van der Waals surface area contributed by atoms with E-state index in [4.69, 9.17) is 5.11 Å².